The van der Waals surface area contributed by atoms with E-state index in [2.05, 4.69) is 5.32 Å². The summed E-state index contributed by atoms with van der Waals surface area (Å²) in [4.78, 5) is 22.6. The third-order valence-electron chi connectivity index (χ3n) is 2.72. The number of hydrogen-bond donors (Lipinski definition) is 2. The van der Waals surface area contributed by atoms with Crippen molar-refractivity contribution in [3.63, 3.8) is 0 Å². The van der Waals surface area contributed by atoms with Crippen LogP contribution < -0.4 is 14.8 Å². The third kappa shape index (κ3) is 6.16. The van der Waals surface area contributed by atoms with E-state index >= 15 is 0 Å². The number of carboxylic acid groups (broad SMARTS) is 1. The Morgan fingerprint density at radius 3 is 2.19 bits per heavy atom. The van der Waals surface area contributed by atoms with Crippen LogP contribution in [-0.4, -0.2) is 36.2 Å². The van der Waals surface area contributed by atoms with Gasteiger partial charge < -0.3 is 19.9 Å². The SMILES string of the molecule is CCC[C@@H](NC(=O)COc1ccc(OCC)cc1)C(=O)O. The van der Waals surface area contributed by atoms with Crippen LogP contribution in [0, 0.1) is 0 Å². The first-order chi connectivity index (χ1) is 10.1. The highest BCUT2D eigenvalue weighted by Gasteiger charge is 2.18. The van der Waals surface area contributed by atoms with Crippen LogP contribution in [0.2, 0.25) is 0 Å². The Labute approximate surface area is 124 Å². The average Bonchev–Trinajstić information content (AvgIpc) is 2.46. The van der Waals surface area contributed by atoms with Crippen LogP contribution in [-0.2, 0) is 9.59 Å². The third-order valence-corrected chi connectivity index (χ3v) is 2.72. The molecule has 2 N–H and O–H groups in total. The quantitative estimate of drug-likeness (QED) is 0.726. The normalized spacial score (nSPS) is 11.5. The predicted octanol–water partition coefficient (Wildman–Crippen LogP) is 1.83. The molecule has 1 amide bonds. The summed E-state index contributed by atoms with van der Waals surface area (Å²) in [5, 5.41) is 11.4. The molecule has 1 aromatic rings. The monoisotopic (exact) mass is 295 g/mol. The minimum atomic E-state index is -1.04. The standard InChI is InChI=1S/C15H21NO5/c1-3-5-13(15(18)19)16-14(17)10-21-12-8-6-11(7-9-12)20-4-2/h6-9,13H,3-5,10H2,1-2H3,(H,16,17)(H,18,19)/t13-/m1/s1. The van der Waals surface area contributed by atoms with Crippen molar-refractivity contribution in [2.45, 2.75) is 32.7 Å². The smallest absolute Gasteiger partial charge is 0.326 e. The summed E-state index contributed by atoms with van der Waals surface area (Å²) in [7, 11) is 0. The number of aliphatic carboxylic acids is 1. The first kappa shape index (κ1) is 16.8. The second-order valence-electron chi connectivity index (χ2n) is 4.44. The maximum atomic E-state index is 11.7. The van der Waals surface area contributed by atoms with Crippen LogP contribution in [0.3, 0.4) is 0 Å². The number of benzene rings is 1. The number of amides is 1. The molecule has 6 heteroatoms. The zero-order valence-electron chi connectivity index (χ0n) is 12.3. The van der Waals surface area contributed by atoms with Gasteiger partial charge in [0, 0.05) is 0 Å². The topological polar surface area (TPSA) is 84.9 Å². The van der Waals surface area contributed by atoms with Gasteiger partial charge in [-0.1, -0.05) is 13.3 Å². The summed E-state index contributed by atoms with van der Waals surface area (Å²) in [6.07, 6.45) is 1.07. The number of carbonyl (C=O) groups excluding carboxylic acids is 1. The lowest BCUT2D eigenvalue weighted by Crippen LogP contribution is -2.42. The van der Waals surface area contributed by atoms with Crippen LogP contribution in [0.4, 0.5) is 0 Å². The van der Waals surface area contributed by atoms with Gasteiger partial charge in [0.25, 0.3) is 5.91 Å². The largest absolute Gasteiger partial charge is 0.494 e. The molecule has 1 atom stereocenters. The summed E-state index contributed by atoms with van der Waals surface area (Å²) in [6, 6.07) is 6.01. The molecular weight excluding hydrogens is 274 g/mol. The Hall–Kier alpha value is -2.24. The van der Waals surface area contributed by atoms with Crippen molar-refractivity contribution in [3.8, 4) is 11.5 Å². The molecule has 0 aliphatic rings. The molecule has 1 aromatic carbocycles. The Bertz CT molecular complexity index is 458. The molecule has 0 aliphatic carbocycles. The van der Waals surface area contributed by atoms with Gasteiger partial charge in [-0.25, -0.2) is 4.79 Å². The molecule has 21 heavy (non-hydrogen) atoms. The zero-order valence-corrected chi connectivity index (χ0v) is 12.3. The number of ether oxygens (including phenoxy) is 2. The molecule has 116 valence electrons. The van der Waals surface area contributed by atoms with E-state index in [1.54, 1.807) is 24.3 Å². The van der Waals surface area contributed by atoms with Gasteiger partial charge in [0.1, 0.15) is 17.5 Å². The molecule has 0 aromatic heterocycles. The van der Waals surface area contributed by atoms with E-state index < -0.39 is 17.9 Å². The minimum absolute atomic E-state index is 0.221. The molecule has 0 saturated carbocycles. The fourth-order valence-electron chi connectivity index (χ4n) is 1.73. The highest BCUT2D eigenvalue weighted by Crippen LogP contribution is 2.17. The summed E-state index contributed by atoms with van der Waals surface area (Å²) in [5.41, 5.74) is 0. The average molecular weight is 295 g/mol. The van der Waals surface area contributed by atoms with Crippen molar-refractivity contribution in [3.05, 3.63) is 24.3 Å². The molecule has 0 unspecified atom stereocenters. The molecule has 1 rings (SSSR count). The summed E-state index contributed by atoms with van der Waals surface area (Å²) < 4.78 is 10.6. The first-order valence-electron chi connectivity index (χ1n) is 6.94. The van der Waals surface area contributed by atoms with Crippen molar-refractivity contribution < 1.29 is 24.2 Å². The Kier molecular flexibility index (Phi) is 7.08. The fraction of sp³-hybridized carbons (Fsp3) is 0.467. The molecule has 0 spiro atoms. The molecule has 0 radical (unpaired) electrons. The lowest BCUT2D eigenvalue weighted by atomic mass is 10.2. The molecule has 0 fully saturated rings. The van der Waals surface area contributed by atoms with Gasteiger partial charge in [-0.05, 0) is 37.6 Å². The van der Waals surface area contributed by atoms with E-state index in [9.17, 15) is 9.59 Å². The molecule has 0 aliphatic heterocycles. The highest BCUT2D eigenvalue weighted by molar-refractivity contribution is 5.84. The fourth-order valence-corrected chi connectivity index (χ4v) is 1.73. The van der Waals surface area contributed by atoms with E-state index in [4.69, 9.17) is 14.6 Å². The lowest BCUT2D eigenvalue weighted by molar-refractivity contribution is -0.142. The van der Waals surface area contributed by atoms with Crippen LogP contribution in [0.1, 0.15) is 26.7 Å². The Morgan fingerprint density at radius 2 is 1.71 bits per heavy atom. The summed E-state index contributed by atoms with van der Waals surface area (Å²) in [5.74, 6) is -0.241. The minimum Gasteiger partial charge on any atom is -0.494 e. The van der Waals surface area contributed by atoms with E-state index in [0.29, 0.717) is 25.2 Å². The van der Waals surface area contributed by atoms with Gasteiger partial charge in [0.2, 0.25) is 0 Å². The van der Waals surface area contributed by atoms with Crippen molar-refractivity contribution in [1.29, 1.82) is 0 Å². The molecule has 0 saturated heterocycles. The predicted molar refractivity (Wildman–Crippen MR) is 77.6 cm³/mol. The number of hydrogen-bond acceptors (Lipinski definition) is 4. The van der Waals surface area contributed by atoms with Crippen molar-refractivity contribution in [2.24, 2.45) is 0 Å². The van der Waals surface area contributed by atoms with Crippen LogP contribution in [0.25, 0.3) is 0 Å². The second-order valence-corrected chi connectivity index (χ2v) is 4.44. The van der Waals surface area contributed by atoms with Crippen LogP contribution in [0.5, 0.6) is 11.5 Å². The van der Waals surface area contributed by atoms with Gasteiger partial charge in [0.15, 0.2) is 6.61 Å². The van der Waals surface area contributed by atoms with Gasteiger partial charge in [-0.2, -0.15) is 0 Å². The summed E-state index contributed by atoms with van der Waals surface area (Å²) >= 11 is 0. The van der Waals surface area contributed by atoms with Gasteiger partial charge in [-0.3, -0.25) is 4.79 Å². The molecular formula is C15H21NO5. The molecule has 0 heterocycles. The van der Waals surface area contributed by atoms with Gasteiger partial charge >= 0.3 is 5.97 Å². The molecule has 6 nitrogen and oxygen atoms in total. The Balaban J connectivity index is 2.43. The van der Waals surface area contributed by atoms with E-state index in [1.807, 2.05) is 13.8 Å². The Morgan fingerprint density at radius 1 is 1.14 bits per heavy atom. The summed E-state index contributed by atoms with van der Waals surface area (Å²) in [6.45, 7) is 4.11. The number of rotatable bonds is 9. The lowest BCUT2D eigenvalue weighted by Gasteiger charge is -2.14. The number of carbonyl (C=O) groups is 2. The van der Waals surface area contributed by atoms with Crippen LogP contribution in [0.15, 0.2) is 24.3 Å². The maximum Gasteiger partial charge on any atom is 0.326 e. The first-order valence-corrected chi connectivity index (χ1v) is 6.94. The molecule has 0 bridgehead atoms. The van der Waals surface area contributed by atoms with Gasteiger partial charge in [0.05, 0.1) is 6.61 Å². The second kappa shape index (κ2) is 8.84. The van der Waals surface area contributed by atoms with Crippen molar-refractivity contribution >= 4 is 11.9 Å². The van der Waals surface area contributed by atoms with E-state index in [-0.39, 0.29) is 6.61 Å². The number of nitrogens with one attached hydrogen (secondary N) is 1. The van der Waals surface area contributed by atoms with Crippen LogP contribution >= 0.6 is 0 Å². The highest BCUT2D eigenvalue weighted by atomic mass is 16.5. The van der Waals surface area contributed by atoms with Gasteiger partial charge in [-0.15, -0.1) is 0 Å². The number of carboxylic acids is 1. The zero-order chi connectivity index (χ0) is 15.7. The van der Waals surface area contributed by atoms with E-state index in [0.717, 1.165) is 5.75 Å². The van der Waals surface area contributed by atoms with Crippen molar-refractivity contribution in [2.75, 3.05) is 13.2 Å². The maximum absolute atomic E-state index is 11.7. The van der Waals surface area contributed by atoms with E-state index in [1.165, 1.54) is 0 Å². The van der Waals surface area contributed by atoms with Crippen molar-refractivity contribution in [1.82, 2.24) is 5.32 Å².